The third-order valence-corrected chi connectivity index (χ3v) is 4.07. The van der Waals surface area contributed by atoms with Crippen molar-refractivity contribution in [1.29, 1.82) is 0 Å². The number of nitrogens with one attached hydrogen (secondary N) is 1. The number of hydrogen-bond acceptors (Lipinski definition) is 4. The summed E-state index contributed by atoms with van der Waals surface area (Å²) in [4.78, 5) is 0. The third kappa shape index (κ3) is 6.15. The summed E-state index contributed by atoms with van der Waals surface area (Å²) in [6.07, 6.45) is 14.5. The SMILES string of the molecule is COC(C)C.COc1ccc(Nc2ccnn2C2C=CC=CC=C2)c(C)c1. The number of methoxy groups -OCH3 is 2. The van der Waals surface area contributed by atoms with Crippen LogP contribution in [0.1, 0.15) is 25.5 Å². The first-order valence-electron chi connectivity index (χ1n) is 9.04. The van der Waals surface area contributed by atoms with Crippen LogP contribution < -0.4 is 10.1 Å². The second-order valence-electron chi connectivity index (χ2n) is 6.40. The number of nitrogens with zero attached hydrogens (tertiary/aromatic N) is 2. The molecule has 0 unspecified atom stereocenters. The van der Waals surface area contributed by atoms with Crippen LogP contribution in [0.2, 0.25) is 0 Å². The average molecular weight is 367 g/mol. The Morgan fingerprint density at radius 2 is 1.70 bits per heavy atom. The zero-order valence-electron chi connectivity index (χ0n) is 16.7. The largest absolute Gasteiger partial charge is 0.497 e. The molecule has 0 spiro atoms. The summed E-state index contributed by atoms with van der Waals surface area (Å²) in [6, 6.07) is 8.06. The molecule has 1 aliphatic rings. The quantitative estimate of drug-likeness (QED) is 0.788. The van der Waals surface area contributed by atoms with Gasteiger partial charge >= 0.3 is 0 Å². The van der Waals surface area contributed by atoms with Crippen molar-refractivity contribution in [2.75, 3.05) is 19.5 Å². The molecule has 5 nitrogen and oxygen atoms in total. The highest BCUT2D eigenvalue weighted by Crippen LogP contribution is 2.26. The van der Waals surface area contributed by atoms with Gasteiger partial charge in [-0.15, -0.1) is 0 Å². The molecule has 1 aromatic heterocycles. The van der Waals surface area contributed by atoms with E-state index >= 15 is 0 Å². The Bertz CT molecular complexity index is 788. The smallest absolute Gasteiger partial charge is 0.129 e. The molecule has 1 heterocycles. The lowest BCUT2D eigenvalue weighted by Crippen LogP contribution is -2.09. The van der Waals surface area contributed by atoms with E-state index in [0.29, 0.717) is 6.10 Å². The van der Waals surface area contributed by atoms with Gasteiger partial charge in [0.1, 0.15) is 11.6 Å². The van der Waals surface area contributed by atoms with Crippen molar-refractivity contribution in [3.63, 3.8) is 0 Å². The molecule has 0 atom stereocenters. The van der Waals surface area contributed by atoms with E-state index in [1.807, 2.05) is 67.1 Å². The highest BCUT2D eigenvalue weighted by atomic mass is 16.5. The molecule has 1 aromatic carbocycles. The molecule has 1 N–H and O–H groups in total. The summed E-state index contributed by atoms with van der Waals surface area (Å²) < 4.78 is 12.0. The van der Waals surface area contributed by atoms with Crippen molar-refractivity contribution in [1.82, 2.24) is 9.78 Å². The van der Waals surface area contributed by atoms with E-state index in [0.717, 1.165) is 22.8 Å². The van der Waals surface area contributed by atoms with Crippen molar-refractivity contribution in [3.05, 3.63) is 72.5 Å². The molecule has 0 saturated carbocycles. The van der Waals surface area contributed by atoms with Crippen LogP contribution in [0.3, 0.4) is 0 Å². The summed E-state index contributed by atoms with van der Waals surface area (Å²) >= 11 is 0. The second-order valence-corrected chi connectivity index (χ2v) is 6.40. The van der Waals surface area contributed by atoms with Gasteiger partial charge in [0.05, 0.1) is 25.5 Å². The van der Waals surface area contributed by atoms with E-state index in [4.69, 9.17) is 9.47 Å². The number of anilines is 2. The monoisotopic (exact) mass is 367 g/mol. The molecule has 0 saturated heterocycles. The lowest BCUT2D eigenvalue weighted by molar-refractivity contribution is 0.134. The number of benzene rings is 1. The first-order chi connectivity index (χ1) is 13.0. The van der Waals surface area contributed by atoms with Crippen LogP contribution in [-0.2, 0) is 4.74 Å². The summed E-state index contributed by atoms with van der Waals surface area (Å²) in [5, 5.41) is 7.89. The van der Waals surface area contributed by atoms with Gasteiger partial charge in [-0.3, -0.25) is 0 Å². The Labute approximate surface area is 162 Å². The van der Waals surface area contributed by atoms with Crippen molar-refractivity contribution < 1.29 is 9.47 Å². The number of aryl methyl sites for hydroxylation is 1. The van der Waals surface area contributed by atoms with Crippen molar-refractivity contribution in [2.45, 2.75) is 32.9 Å². The van der Waals surface area contributed by atoms with E-state index in [1.54, 1.807) is 20.4 Å². The maximum absolute atomic E-state index is 5.25. The van der Waals surface area contributed by atoms with Crippen LogP contribution in [0.4, 0.5) is 11.5 Å². The summed E-state index contributed by atoms with van der Waals surface area (Å²) in [6.45, 7) is 6.06. The highest BCUT2D eigenvalue weighted by Gasteiger charge is 2.11. The highest BCUT2D eigenvalue weighted by molar-refractivity contribution is 5.62. The Balaban J connectivity index is 0.000000465. The van der Waals surface area contributed by atoms with E-state index in [1.165, 1.54) is 0 Å². The van der Waals surface area contributed by atoms with Gasteiger partial charge in [0.15, 0.2) is 0 Å². The molecule has 0 amide bonds. The van der Waals surface area contributed by atoms with Crippen LogP contribution >= 0.6 is 0 Å². The average Bonchev–Trinajstić information content (AvgIpc) is 2.96. The van der Waals surface area contributed by atoms with Gasteiger partial charge in [-0.25, -0.2) is 4.68 Å². The summed E-state index contributed by atoms with van der Waals surface area (Å²) in [7, 11) is 3.38. The predicted molar refractivity (Wildman–Crippen MR) is 112 cm³/mol. The van der Waals surface area contributed by atoms with Gasteiger partial charge in [-0.2, -0.15) is 5.10 Å². The van der Waals surface area contributed by atoms with Gasteiger partial charge in [-0.1, -0.05) is 36.5 Å². The summed E-state index contributed by atoms with van der Waals surface area (Å²) in [5.41, 5.74) is 2.17. The molecular formula is C22H29N3O2. The van der Waals surface area contributed by atoms with Gasteiger partial charge in [0.2, 0.25) is 0 Å². The molecule has 0 radical (unpaired) electrons. The lowest BCUT2D eigenvalue weighted by atomic mass is 10.2. The van der Waals surface area contributed by atoms with Crippen LogP contribution in [0.5, 0.6) is 5.75 Å². The van der Waals surface area contributed by atoms with Crippen LogP contribution in [0, 0.1) is 6.92 Å². The molecule has 0 bridgehead atoms. The Morgan fingerprint density at radius 3 is 2.26 bits per heavy atom. The summed E-state index contributed by atoms with van der Waals surface area (Å²) in [5.74, 6) is 1.81. The normalized spacial score (nSPS) is 13.3. The van der Waals surface area contributed by atoms with E-state index in [2.05, 4.69) is 29.5 Å². The Hall–Kier alpha value is -2.79. The maximum Gasteiger partial charge on any atom is 0.129 e. The molecule has 27 heavy (non-hydrogen) atoms. The molecule has 1 aliphatic carbocycles. The minimum Gasteiger partial charge on any atom is -0.497 e. The fourth-order valence-electron chi connectivity index (χ4n) is 2.40. The first kappa shape index (κ1) is 20.5. The molecule has 0 fully saturated rings. The number of ether oxygens (including phenoxy) is 2. The van der Waals surface area contributed by atoms with Crippen molar-refractivity contribution in [2.24, 2.45) is 0 Å². The van der Waals surface area contributed by atoms with Gasteiger partial charge in [0.25, 0.3) is 0 Å². The number of rotatable bonds is 5. The van der Waals surface area contributed by atoms with E-state index < -0.39 is 0 Å². The molecule has 144 valence electrons. The lowest BCUT2D eigenvalue weighted by Gasteiger charge is -2.16. The number of hydrogen-bond donors (Lipinski definition) is 1. The van der Waals surface area contributed by atoms with E-state index in [9.17, 15) is 0 Å². The van der Waals surface area contributed by atoms with Crippen LogP contribution in [-0.4, -0.2) is 30.1 Å². The second kappa shape index (κ2) is 10.4. The van der Waals surface area contributed by atoms with Crippen molar-refractivity contribution in [3.8, 4) is 5.75 Å². The molecule has 2 aromatic rings. The molecular weight excluding hydrogens is 338 g/mol. The van der Waals surface area contributed by atoms with Crippen LogP contribution in [0.15, 0.2) is 66.9 Å². The molecule has 0 aliphatic heterocycles. The fourth-order valence-corrected chi connectivity index (χ4v) is 2.40. The Kier molecular flexibility index (Phi) is 7.89. The topological polar surface area (TPSA) is 48.3 Å². The third-order valence-electron chi connectivity index (χ3n) is 4.07. The van der Waals surface area contributed by atoms with Gasteiger partial charge < -0.3 is 14.8 Å². The first-order valence-corrected chi connectivity index (χ1v) is 9.04. The zero-order valence-corrected chi connectivity index (χ0v) is 16.7. The molecule has 3 rings (SSSR count). The maximum atomic E-state index is 5.25. The fraction of sp³-hybridized carbons (Fsp3) is 0.318. The zero-order chi connectivity index (χ0) is 19.6. The molecule has 5 heteroatoms. The number of aromatic nitrogens is 2. The van der Waals surface area contributed by atoms with Gasteiger partial charge in [0, 0.05) is 18.9 Å². The Morgan fingerprint density at radius 1 is 1.04 bits per heavy atom. The van der Waals surface area contributed by atoms with Crippen molar-refractivity contribution >= 4 is 11.5 Å². The minimum absolute atomic E-state index is 0.103. The predicted octanol–water partition coefficient (Wildman–Crippen LogP) is 5.21. The van der Waals surface area contributed by atoms with Crippen LogP contribution in [0.25, 0.3) is 0 Å². The minimum atomic E-state index is 0.103. The van der Waals surface area contributed by atoms with Gasteiger partial charge in [-0.05, 0) is 44.5 Å². The number of allylic oxidation sites excluding steroid dienone is 6. The van der Waals surface area contributed by atoms with E-state index in [-0.39, 0.29) is 6.04 Å². The standard InChI is InChI=1S/C18H19N3O.C4H10O/c1-14-13-16(22-2)9-10-17(14)20-18-11-12-19-21(18)15-7-5-3-4-6-8-15;1-4(2)5-3/h3-13,15,20H,1-2H3;4H,1-3H3.